The van der Waals surface area contributed by atoms with Crippen LogP contribution in [0.3, 0.4) is 0 Å². The summed E-state index contributed by atoms with van der Waals surface area (Å²) in [4.78, 5) is 16.7. The molecule has 0 radical (unpaired) electrons. The second-order valence-corrected chi connectivity index (χ2v) is 5.52. The van der Waals surface area contributed by atoms with Gasteiger partial charge in [-0.05, 0) is 23.5 Å². The first-order valence-corrected chi connectivity index (χ1v) is 5.76. The maximum Gasteiger partial charge on any atom is 0.412 e. The molecule has 1 aromatic rings. The summed E-state index contributed by atoms with van der Waals surface area (Å²) in [6.45, 7) is 6.00. The lowest BCUT2D eigenvalue weighted by atomic mass is 9.84. The summed E-state index contributed by atoms with van der Waals surface area (Å²) in [5.41, 5.74) is 1.32. The van der Waals surface area contributed by atoms with E-state index in [2.05, 4.69) is 4.98 Å². The number of carboxylic acid groups (broad SMARTS) is 1. The number of nitrogens with zero attached hydrogens (tertiary/aromatic N) is 3. The van der Waals surface area contributed by atoms with Crippen LogP contribution in [0, 0.1) is 16.7 Å². The molecule has 1 amide bonds. The average Bonchev–Trinajstić information content (AvgIpc) is 2.67. The molecule has 0 bridgehead atoms. The van der Waals surface area contributed by atoms with Crippen LogP contribution in [-0.4, -0.2) is 22.2 Å². The molecule has 5 heteroatoms. The van der Waals surface area contributed by atoms with Crippen molar-refractivity contribution in [2.75, 3.05) is 4.90 Å². The van der Waals surface area contributed by atoms with Crippen LogP contribution in [-0.2, 0) is 6.42 Å². The predicted molar refractivity (Wildman–Crippen MR) is 66.4 cm³/mol. The Balaban J connectivity index is 2.59. The van der Waals surface area contributed by atoms with Gasteiger partial charge in [-0.3, -0.25) is 4.90 Å². The molecule has 0 saturated carbocycles. The van der Waals surface area contributed by atoms with Crippen molar-refractivity contribution < 1.29 is 9.90 Å². The number of fused-ring (bicyclic) bond motifs is 1. The molecule has 1 atom stereocenters. The Morgan fingerprint density at radius 2 is 2.28 bits per heavy atom. The summed E-state index contributed by atoms with van der Waals surface area (Å²) in [6.07, 6.45) is 1.16. The van der Waals surface area contributed by atoms with Crippen LogP contribution in [0.2, 0.25) is 0 Å². The van der Waals surface area contributed by atoms with E-state index in [0.717, 1.165) is 5.56 Å². The third kappa shape index (κ3) is 1.80. The molecule has 0 saturated heterocycles. The first-order valence-electron chi connectivity index (χ1n) is 5.76. The minimum absolute atomic E-state index is 0.165. The molecular formula is C13H15N3O2. The molecule has 18 heavy (non-hydrogen) atoms. The minimum Gasteiger partial charge on any atom is -0.465 e. The Kier molecular flexibility index (Phi) is 2.74. The van der Waals surface area contributed by atoms with Crippen LogP contribution in [0.4, 0.5) is 10.5 Å². The zero-order chi connectivity index (χ0) is 13.5. The first-order chi connectivity index (χ1) is 8.36. The van der Waals surface area contributed by atoms with Crippen LogP contribution in [0.1, 0.15) is 32.0 Å². The molecule has 0 spiro atoms. The third-order valence-electron chi connectivity index (χ3n) is 3.29. The molecule has 0 aliphatic carbocycles. The molecule has 5 nitrogen and oxygen atoms in total. The number of amides is 1. The standard InChI is InChI=1S/C13H15N3O2/c1-13(2,3)10-6-8-4-5-15-9(7-14)11(8)16(10)12(17)18/h4-5,10H,6H2,1-3H3,(H,17,18). The third-order valence-corrected chi connectivity index (χ3v) is 3.29. The van der Waals surface area contributed by atoms with Crippen LogP contribution >= 0.6 is 0 Å². The van der Waals surface area contributed by atoms with Crippen molar-refractivity contribution >= 4 is 11.8 Å². The molecule has 2 heterocycles. The normalized spacial score (nSPS) is 18.3. The summed E-state index contributed by atoms with van der Waals surface area (Å²) in [7, 11) is 0. The van der Waals surface area contributed by atoms with E-state index in [9.17, 15) is 9.90 Å². The lowest BCUT2D eigenvalue weighted by molar-refractivity contribution is 0.191. The Bertz CT molecular complexity index is 540. The Morgan fingerprint density at radius 3 is 2.78 bits per heavy atom. The number of carbonyl (C=O) groups is 1. The molecule has 1 aliphatic rings. The van der Waals surface area contributed by atoms with Gasteiger partial charge in [0.15, 0.2) is 5.69 Å². The average molecular weight is 245 g/mol. The quantitative estimate of drug-likeness (QED) is 0.761. The number of pyridine rings is 1. The van der Waals surface area contributed by atoms with Crippen molar-refractivity contribution in [3.63, 3.8) is 0 Å². The van der Waals surface area contributed by atoms with E-state index in [1.807, 2.05) is 26.8 Å². The van der Waals surface area contributed by atoms with Gasteiger partial charge < -0.3 is 5.11 Å². The van der Waals surface area contributed by atoms with Crippen molar-refractivity contribution in [3.05, 3.63) is 23.5 Å². The summed E-state index contributed by atoms with van der Waals surface area (Å²) in [5.74, 6) is 0. The van der Waals surface area contributed by atoms with Gasteiger partial charge in [-0.15, -0.1) is 0 Å². The van der Waals surface area contributed by atoms with E-state index in [0.29, 0.717) is 12.1 Å². The zero-order valence-corrected chi connectivity index (χ0v) is 10.6. The number of aromatic nitrogens is 1. The lowest BCUT2D eigenvalue weighted by Gasteiger charge is -2.33. The van der Waals surface area contributed by atoms with Gasteiger partial charge in [0.25, 0.3) is 0 Å². The SMILES string of the molecule is CC(C)(C)C1Cc2ccnc(C#N)c2N1C(=O)O. The highest BCUT2D eigenvalue weighted by Gasteiger charge is 2.42. The van der Waals surface area contributed by atoms with Gasteiger partial charge in [0.05, 0.1) is 5.69 Å². The fourth-order valence-corrected chi connectivity index (χ4v) is 2.39. The number of anilines is 1. The zero-order valence-electron chi connectivity index (χ0n) is 10.6. The summed E-state index contributed by atoms with van der Waals surface area (Å²) >= 11 is 0. The van der Waals surface area contributed by atoms with Crippen molar-refractivity contribution in [2.45, 2.75) is 33.2 Å². The highest BCUT2D eigenvalue weighted by molar-refractivity contribution is 5.91. The van der Waals surface area contributed by atoms with Gasteiger partial charge in [0.1, 0.15) is 6.07 Å². The molecule has 1 aromatic heterocycles. The van der Waals surface area contributed by atoms with Crippen LogP contribution in [0.25, 0.3) is 0 Å². The highest BCUT2D eigenvalue weighted by Crippen LogP contribution is 2.40. The Labute approximate surface area is 106 Å². The smallest absolute Gasteiger partial charge is 0.412 e. The number of hydrogen-bond donors (Lipinski definition) is 1. The number of rotatable bonds is 0. The maximum atomic E-state index is 11.5. The summed E-state index contributed by atoms with van der Waals surface area (Å²) in [6, 6.07) is 3.59. The highest BCUT2D eigenvalue weighted by atomic mass is 16.4. The van der Waals surface area contributed by atoms with Crippen molar-refractivity contribution in [1.29, 1.82) is 5.26 Å². The fourth-order valence-electron chi connectivity index (χ4n) is 2.39. The van der Waals surface area contributed by atoms with E-state index in [-0.39, 0.29) is 17.2 Å². The van der Waals surface area contributed by atoms with Crippen molar-refractivity contribution in [1.82, 2.24) is 4.98 Å². The van der Waals surface area contributed by atoms with Gasteiger partial charge in [-0.25, -0.2) is 9.78 Å². The molecular weight excluding hydrogens is 230 g/mol. The van der Waals surface area contributed by atoms with E-state index in [4.69, 9.17) is 5.26 Å². The minimum atomic E-state index is -1.03. The lowest BCUT2D eigenvalue weighted by Crippen LogP contribution is -2.45. The van der Waals surface area contributed by atoms with Crippen molar-refractivity contribution in [2.24, 2.45) is 5.41 Å². The van der Waals surface area contributed by atoms with Crippen LogP contribution in [0.15, 0.2) is 12.3 Å². The first kappa shape index (κ1) is 12.4. The van der Waals surface area contributed by atoms with Crippen molar-refractivity contribution in [3.8, 4) is 6.07 Å². The van der Waals surface area contributed by atoms with Gasteiger partial charge in [-0.1, -0.05) is 20.8 Å². The van der Waals surface area contributed by atoms with Gasteiger partial charge >= 0.3 is 6.09 Å². The molecule has 1 N–H and O–H groups in total. The molecule has 0 fully saturated rings. The topological polar surface area (TPSA) is 77.2 Å². The second-order valence-electron chi connectivity index (χ2n) is 5.52. The second kappa shape index (κ2) is 3.98. The largest absolute Gasteiger partial charge is 0.465 e. The van der Waals surface area contributed by atoms with Gasteiger partial charge in [0.2, 0.25) is 0 Å². The predicted octanol–water partition coefficient (Wildman–Crippen LogP) is 2.41. The Morgan fingerprint density at radius 1 is 1.61 bits per heavy atom. The van der Waals surface area contributed by atoms with Gasteiger partial charge in [-0.2, -0.15) is 5.26 Å². The number of nitriles is 1. The Hall–Kier alpha value is -2.09. The monoisotopic (exact) mass is 245 g/mol. The van der Waals surface area contributed by atoms with E-state index in [1.54, 1.807) is 12.3 Å². The number of hydrogen-bond acceptors (Lipinski definition) is 3. The van der Waals surface area contributed by atoms with E-state index in [1.165, 1.54) is 4.90 Å². The molecule has 94 valence electrons. The summed E-state index contributed by atoms with van der Waals surface area (Å²) in [5, 5.41) is 18.5. The maximum absolute atomic E-state index is 11.5. The molecule has 2 rings (SSSR count). The van der Waals surface area contributed by atoms with Gasteiger partial charge in [0, 0.05) is 12.2 Å². The molecule has 1 unspecified atom stereocenters. The molecule has 1 aliphatic heterocycles. The van der Waals surface area contributed by atoms with Crippen LogP contribution in [0.5, 0.6) is 0 Å². The molecule has 0 aromatic carbocycles. The van der Waals surface area contributed by atoms with Crippen LogP contribution < -0.4 is 4.90 Å². The van der Waals surface area contributed by atoms with E-state index < -0.39 is 6.09 Å². The summed E-state index contributed by atoms with van der Waals surface area (Å²) < 4.78 is 0. The van der Waals surface area contributed by atoms with E-state index >= 15 is 0 Å². The fraction of sp³-hybridized carbons (Fsp3) is 0.462.